The minimum absolute atomic E-state index is 0. The first kappa shape index (κ1) is 44.8. The zero-order valence-electron chi connectivity index (χ0n) is 31.8. The third-order valence-corrected chi connectivity index (χ3v) is 9.43. The Morgan fingerprint density at radius 1 is 0.475 bits per heavy atom. The van der Waals surface area contributed by atoms with Crippen molar-refractivity contribution in [2.45, 2.75) is 32.9 Å². The van der Waals surface area contributed by atoms with E-state index in [-0.39, 0.29) is 24.8 Å². The molecule has 300 valence electrons. The molecule has 6 aromatic carbocycles. The van der Waals surface area contributed by atoms with Gasteiger partial charge in [-0.15, -0.1) is 0 Å². The van der Waals surface area contributed by atoms with Gasteiger partial charge >= 0.3 is 21.4 Å². The number of ether oxygens (including phenoxy) is 3. The van der Waals surface area contributed by atoms with Gasteiger partial charge in [0, 0.05) is 11.1 Å². The van der Waals surface area contributed by atoms with Gasteiger partial charge in [0.15, 0.2) is 5.69 Å². The van der Waals surface area contributed by atoms with Crippen molar-refractivity contribution in [3.63, 3.8) is 0 Å². The summed E-state index contributed by atoms with van der Waals surface area (Å²) in [6, 6.07) is 39.3. The molecule has 6 aromatic rings. The molecule has 0 aromatic heterocycles. The van der Waals surface area contributed by atoms with E-state index < -0.39 is 21.4 Å². The number of nitrogens with zero attached hydrogens (tertiary/aromatic N) is 1. The molecule has 9 rings (SSSR count). The lowest BCUT2D eigenvalue weighted by Gasteiger charge is -2.07. The van der Waals surface area contributed by atoms with E-state index in [1.165, 1.54) is 11.1 Å². The molecule has 0 spiro atoms. The summed E-state index contributed by atoms with van der Waals surface area (Å²) in [7, 11) is -2.44. The quantitative estimate of drug-likeness (QED) is 0.0799. The minimum atomic E-state index is -0.831. The Bertz CT molecular complexity index is 2250. The summed E-state index contributed by atoms with van der Waals surface area (Å²) in [5.74, 6) is 4.43. The van der Waals surface area contributed by atoms with Gasteiger partial charge in [0.05, 0.1) is 39.5 Å². The van der Waals surface area contributed by atoms with E-state index in [9.17, 15) is 15.1 Å². The van der Waals surface area contributed by atoms with Gasteiger partial charge < -0.3 is 79.5 Å². The van der Waals surface area contributed by atoms with Gasteiger partial charge in [-0.2, -0.15) is 0 Å². The van der Waals surface area contributed by atoms with Gasteiger partial charge in [0.1, 0.15) is 34.5 Å². The monoisotopic (exact) mass is 833 g/mol. The van der Waals surface area contributed by atoms with Crippen LogP contribution in [0.15, 0.2) is 127 Å². The average Bonchev–Trinajstić information content (AvgIpc) is 3.94. The summed E-state index contributed by atoms with van der Waals surface area (Å²) < 4.78 is 32.7. The molecule has 9 N–H and O–H groups in total. The molecular weight excluding hydrogens is 794 g/mol. The van der Waals surface area contributed by atoms with Gasteiger partial charge in [-0.3, -0.25) is 0 Å². The largest absolute Gasteiger partial charge is 1.00 e. The molecule has 3 aliphatic rings. The number of hydrogen-bond acceptors (Lipinski definition) is 9. The zero-order chi connectivity index (χ0) is 39.7. The normalized spacial score (nSPS) is 12.8. The maximum Gasteiger partial charge on any atom is 0.491 e. The van der Waals surface area contributed by atoms with Crippen LogP contribution in [0, 0.1) is 6.57 Å². The van der Waals surface area contributed by atoms with Crippen LogP contribution in [-0.4, -0.2) is 36.4 Å². The maximum atomic E-state index is 9.55. The van der Waals surface area contributed by atoms with Crippen molar-refractivity contribution in [3.8, 4) is 34.5 Å². The lowest BCUT2D eigenvalue weighted by Crippen LogP contribution is -3.00. The van der Waals surface area contributed by atoms with Crippen molar-refractivity contribution in [1.82, 2.24) is 0 Å². The number of rotatable bonds is 8. The van der Waals surface area contributed by atoms with E-state index in [0.717, 1.165) is 69.2 Å². The van der Waals surface area contributed by atoms with Crippen LogP contribution in [0.1, 0.15) is 27.8 Å². The smallest absolute Gasteiger partial charge is 0.491 e. The van der Waals surface area contributed by atoms with E-state index in [1.54, 1.807) is 36.4 Å². The second kappa shape index (κ2) is 21.1. The van der Waals surface area contributed by atoms with Crippen molar-refractivity contribution in [1.29, 1.82) is 0 Å². The molecule has 12 nitrogen and oxygen atoms in total. The van der Waals surface area contributed by atoms with E-state index >= 15 is 0 Å². The van der Waals surface area contributed by atoms with Gasteiger partial charge in [0.2, 0.25) is 0 Å². The van der Waals surface area contributed by atoms with Crippen LogP contribution in [0.3, 0.4) is 0 Å². The molecule has 0 unspecified atom stereocenters. The standard InChI is InChI=1S/C14H10BNO3.2C14H14BNO3.2ClH/c1-16-11-2-4-12(5-3-11)19-13-6-7-14-10(8-13)9-18-15(14)17;2*16-8-10-1-3-12(4-2-10)19-13-5-6-14-11(7-13)9-18-15(14)17;;/h2-8,17H,9H2;2*1-7,17H,8-9,16H2;2*1H. The lowest BCUT2D eigenvalue weighted by molar-refractivity contribution is -0.386. The average molecular weight is 834 g/mol. The van der Waals surface area contributed by atoms with E-state index in [0.29, 0.717) is 37.0 Å². The molecule has 3 heterocycles. The number of hydrogen-bond donors (Lipinski definition) is 5. The Morgan fingerprint density at radius 2 is 0.763 bits per heavy atom. The number of quaternary nitrogens is 2. The highest BCUT2D eigenvalue weighted by atomic mass is 35.5. The molecule has 0 fully saturated rings. The summed E-state index contributed by atoms with van der Waals surface area (Å²) >= 11 is 0. The molecule has 0 aliphatic carbocycles. The first-order valence-electron chi connectivity index (χ1n) is 18.3. The van der Waals surface area contributed by atoms with Crippen LogP contribution in [0.4, 0.5) is 5.69 Å². The number of fused-ring (bicyclic) bond motifs is 3. The van der Waals surface area contributed by atoms with Gasteiger partial charge in [-0.1, -0.05) is 30.3 Å². The molecule has 17 heteroatoms. The second-order valence-electron chi connectivity index (χ2n) is 13.3. The molecule has 59 heavy (non-hydrogen) atoms. The third-order valence-electron chi connectivity index (χ3n) is 9.43. The molecule has 0 saturated heterocycles. The van der Waals surface area contributed by atoms with Crippen molar-refractivity contribution < 1.29 is 79.5 Å². The van der Waals surface area contributed by atoms with Gasteiger partial charge in [0.25, 0.3) is 0 Å². The Morgan fingerprint density at radius 3 is 1.05 bits per heavy atom. The predicted molar refractivity (Wildman–Crippen MR) is 216 cm³/mol. The highest BCUT2D eigenvalue weighted by molar-refractivity contribution is 6.62. The first-order valence-corrected chi connectivity index (χ1v) is 18.3. The van der Waals surface area contributed by atoms with Gasteiger partial charge in [-0.25, -0.2) is 4.85 Å². The fourth-order valence-corrected chi connectivity index (χ4v) is 6.26. The Labute approximate surface area is 355 Å². The molecule has 0 radical (unpaired) electrons. The van der Waals surface area contributed by atoms with E-state index in [4.69, 9.17) is 34.7 Å². The number of benzene rings is 6. The SMILES string of the molecule is [C-]#[N+]c1ccc(Oc2ccc3c(c2)COB3O)cc1.[Cl-].[Cl-].[NH3+]Cc1ccc(Oc2ccc3c(c2)COB3O)cc1.[NH3+]Cc1ccc(Oc2ccc3c(c2)COB3O)cc1. The summed E-state index contributed by atoms with van der Waals surface area (Å²) in [5.41, 5.74) is 15.9. The molecular formula is C42H40B3Cl2N3O9. The van der Waals surface area contributed by atoms with E-state index in [1.807, 2.05) is 91.0 Å². The van der Waals surface area contributed by atoms with Crippen molar-refractivity contribution >= 4 is 43.4 Å². The molecule has 0 bridgehead atoms. The van der Waals surface area contributed by atoms with Crippen molar-refractivity contribution in [2.24, 2.45) is 0 Å². The van der Waals surface area contributed by atoms with Crippen LogP contribution in [0.5, 0.6) is 34.5 Å². The van der Waals surface area contributed by atoms with Crippen LogP contribution < -0.4 is 66.9 Å². The molecule has 0 atom stereocenters. The van der Waals surface area contributed by atoms with Gasteiger partial charge in [-0.05, 0) is 130 Å². The first-order chi connectivity index (χ1) is 27.8. The lowest BCUT2D eigenvalue weighted by atomic mass is 9.80. The molecule has 3 aliphatic heterocycles. The highest BCUT2D eigenvalue weighted by Crippen LogP contribution is 2.27. The van der Waals surface area contributed by atoms with Crippen molar-refractivity contribution in [2.75, 3.05) is 0 Å². The third kappa shape index (κ3) is 11.4. The van der Waals surface area contributed by atoms with E-state index in [2.05, 4.69) is 16.3 Å². The fraction of sp³-hybridized carbons (Fsp3) is 0.119. The van der Waals surface area contributed by atoms with Crippen LogP contribution >= 0.6 is 0 Å². The van der Waals surface area contributed by atoms with Crippen LogP contribution in [-0.2, 0) is 46.9 Å². The second-order valence-corrected chi connectivity index (χ2v) is 13.3. The molecule has 0 amide bonds. The maximum absolute atomic E-state index is 9.55. The summed E-state index contributed by atoms with van der Waals surface area (Å²) in [6.45, 7) is 9.67. The Balaban J connectivity index is 0.000000165. The summed E-state index contributed by atoms with van der Waals surface area (Å²) in [4.78, 5) is 3.32. The highest BCUT2D eigenvalue weighted by Gasteiger charge is 2.29. The van der Waals surface area contributed by atoms with Crippen molar-refractivity contribution in [3.05, 3.63) is 167 Å². The zero-order valence-corrected chi connectivity index (χ0v) is 33.3. The molecule has 0 saturated carbocycles. The van der Waals surface area contributed by atoms with Crippen LogP contribution in [0.2, 0.25) is 0 Å². The summed E-state index contributed by atoms with van der Waals surface area (Å²) in [5, 5.41) is 28.6. The fourth-order valence-electron chi connectivity index (χ4n) is 6.26. The topological polar surface area (TPSA) is 176 Å². The Kier molecular flexibility index (Phi) is 16.0. The Hall–Kier alpha value is -5.34. The predicted octanol–water partition coefficient (Wildman–Crippen LogP) is -2.87. The summed E-state index contributed by atoms with van der Waals surface area (Å²) in [6.07, 6.45) is 0. The van der Waals surface area contributed by atoms with Crippen LogP contribution in [0.25, 0.3) is 4.85 Å². The minimum Gasteiger partial charge on any atom is -1.00 e. The number of halogens is 2.